The highest BCUT2D eigenvalue weighted by atomic mass is 16.5. The molecule has 1 aromatic heterocycles. The minimum absolute atomic E-state index is 0.00740. The molecule has 1 aliphatic heterocycles. The molecule has 134 valence electrons. The largest absolute Gasteiger partial charge is 0.492 e. The van der Waals surface area contributed by atoms with Crippen LogP contribution >= 0.6 is 0 Å². The van der Waals surface area contributed by atoms with E-state index in [1.807, 2.05) is 6.92 Å². The van der Waals surface area contributed by atoms with E-state index in [1.165, 1.54) is 31.2 Å². The molecular weight excluding hydrogens is 316 g/mol. The number of hydrogen-bond acceptors (Lipinski definition) is 6. The van der Waals surface area contributed by atoms with Crippen molar-refractivity contribution >= 4 is 16.5 Å². The van der Waals surface area contributed by atoms with Gasteiger partial charge in [0, 0.05) is 42.1 Å². The number of fused-ring (bicyclic) bond motifs is 1. The van der Waals surface area contributed by atoms with Crippen molar-refractivity contribution in [1.29, 1.82) is 0 Å². The van der Waals surface area contributed by atoms with Gasteiger partial charge in [0.2, 0.25) is 5.88 Å². The van der Waals surface area contributed by atoms with Crippen molar-refractivity contribution in [1.82, 2.24) is 15.1 Å². The molecule has 6 nitrogen and oxygen atoms in total. The van der Waals surface area contributed by atoms with E-state index in [4.69, 9.17) is 4.74 Å². The zero-order chi connectivity index (χ0) is 17.2. The predicted molar refractivity (Wildman–Crippen MR) is 97.9 cm³/mol. The lowest BCUT2D eigenvalue weighted by Crippen LogP contribution is -2.36. The summed E-state index contributed by atoms with van der Waals surface area (Å²) in [6.07, 6.45) is 5.02. The molecule has 0 radical (unpaired) electrons. The average Bonchev–Trinajstić information content (AvgIpc) is 3.13. The fraction of sp³-hybridized carbons (Fsp3) is 0.579. The number of hydrogen-bond donors (Lipinski definition) is 2. The van der Waals surface area contributed by atoms with Crippen LogP contribution in [0.5, 0.6) is 5.88 Å². The number of nitrogens with one attached hydrogen (secondary N) is 1. The highest BCUT2D eigenvalue weighted by molar-refractivity contribution is 5.92. The Bertz CT molecular complexity index is 753. The molecular formula is C19H26N4O2. The van der Waals surface area contributed by atoms with Crippen molar-refractivity contribution in [2.75, 3.05) is 31.6 Å². The Labute approximate surface area is 148 Å². The van der Waals surface area contributed by atoms with Gasteiger partial charge in [-0.1, -0.05) is 12.8 Å². The monoisotopic (exact) mass is 342 g/mol. The number of aryl methyl sites for hydroxylation is 1. The molecule has 0 unspecified atom stereocenters. The second kappa shape index (κ2) is 7.14. The molecule has 25 heavy (non-hydrogen) atoms. The van der Waals surface area contributed by atoms with E-state index in [0.29, 0.717) is 6.04 Å². The van der Waals surface area contributed by atoms with Crippen LogP contribution in [-0.2, 0) is 11.3 Å². The number of morpholine rings is 1. The van der Waals surface area contributed by atoms with Gasteiger partial charge in [0.15, 0.2) is 0 Å². The Morgan fingerprint density at radius 1 is 1.16 bits per heavy atom. The topological polar surface area (TPSA) is 70.5 Å². The predicted octanol–water partition coefficient (Wildman–Crippen LogP) is 2.83. The molecule has 0 spiro atoms. The van der Waals surface area contributed by atoms with Gasteiger partial charge in [0.05, 0.1) is 18.9 Å². The first-order valence-electron chi connectivity index (χ1n) is 9.26. The van der Waals surface area contributed by atoms with Gasteiger partial charge in [0.25, 0.3) is 0 Å². The number of aromatic nitrogens is 2. The minimum Gasteiger partial charge on any atom is -0.492 e. The van der Waals surface area contributed by atoms with E-state index < -0.39 is 0 Å². The average molecular weight is 342 g/mol. The van der Waals surface area contributed by atoms with Gasteiger partial charge in [-0.3, -0.25) is 4.90 Å². The zero-order valence-electron chi connectivity index (χ0n) is 14.8. The summed E-state index contributed by atoms with van der Waals surface area (Å²) in [4.78, 5) is 2.42. The summed E-state index contributed by atoms with van der Waals surface area (Å²) in [5.74, 6) is 0.00740. The molecule has 1 saturated carbocycles. The summed E-state index contributed by atoms with van der Waals surface area (Å²) in [6.45, 7) is 6.34. The Morgan fingerprint density at radius 2 is 1.92 bits per heavy atom. The summed E-state index contributed by atoms with van der Waals surface area (Å²) in [7, 11) is 0. The van der Waals surface area contributed by atoms with Crippen LogP contribution in [-0.4, -0.2) is 52.5 Å². The molecule has 0 bridgehead atoms. The number of ether oxygens (including phenoxy) is 1. The third-order valence-corrected chi connectivity index (χ3v) is 5.38. The number of anilines is 1. The summed E-state index contributed by atoms with van der Waals surface area (Å²) in [5.41, 5.74) is 3.23. The number of rotatable bonds is 4. The molecule has 6 heteroatoms. The van der Waals surface area contributed by atoms with Crippen LogP contribution in [0.25, 0.3) is 10.8 Å². The third kappa shape index (κ3) is 3.55. The van der Waals surface area contributed by atoms with Gasteiger partial charge in [-0.05, 0) is 37.5 Å². The maximum absolute atomic E-state index is 10.2. The van der Waals surface area contributed by atoms with E-state index in [1.54, 1.807) is 0 Å². The summed E-state index contributed by atoms with van der Waals surface area (Å²) in [6, 6.07) is 4.76. The van der Waals surface area contributed by atoms with Gasteiger partial charge in [-0.25, -0.2) is 0 Å². The minimum atomic E-state index is 0.00740. The highest BCUT2D eigenvalue weighted by Crippen LogP contribution is 2.33. The lowest BCUT2D eigenvalue weighted by Gasteiger charge is -2.28. The van der Waals surface area contributed by atoms with Crippen LogP contribution in [0.1, 0.15) is 36.9 Å². The molecule has 1 aromatic carbocycles. The fourth-order valence-electron chi connectivity index (χ4n) is 3.91. The van der Waals surface area contributed by atoms with Gasteiger partial charge < -0.3 is 15.2 Å². The third-order valence-electron chi connectivity index (χ3n) is 5.38. The maximum Gasteiger partial charge on any atom is 0.239 e. The van der Waals surface area contributed by atoms with Crippen LogP contribution in [0.2, 0.25) is 0 Å². The molecule has 2 fully saturated rings. The van der Waals surface area contributed by atoms with Gasteiger partial charge in [0.1, 0.15) is 0 Å². The first-order valence-corrected chi connectivity index (χ1v) is 9.26. The lowest BCUT2D eigenvalue weighted by molar-refractivity contribution is 0.0343. The molecule has 0 atom stereocenters. The van der Waals surface area contributed by atoms with E-state index in [2.05, 4.69) is 32.5 Å². The summed E-state index contributed by atoms with van der Waals surface area (Å²) in [5, 5.41) is 23.6. The molecule has 1 saturated heterocycles. The normalized spacial score (nSPS) is 19.6. The standard InChI is InChI=1S/C19H26N4O2/c1-13-16-10-14(12-23-6-8-25-9-7-23)18(20-15-4-2-3-5-15)11-17(16)19(24)22-21-13/h10-11,15,20H,2-9,12H2,1H3,(H,22,24). The SMILES string of the molecule is Cc1nnc(O)c2cc(NC3CCCC3)c(CN3CCOCC3)cc12. The van der Waals surface area contributed by atoms with Crippen LogP contribution in [0.15, 0.2) is 12.1 Å². The Hall–Kier alpha value is -1.92. The van der Waals surface area contributed by atoms with Crippen molar-refractivity contribution in [3.05, 3.63) is 23.4 Å². The molecule has 2 N–H and O–H groups in total. The quantitative estimate of drug-likeness (QED) is 0.890. The first kappa shape index (κ1) is 16.5. The summed E-state index contributed by atoms with van der Waals surface area (Å²) < 4.78 is 5.47. The van der Waals surface area contributed by atoms with E-state index in [-0.39, 0.29) is 5.88 Å². The van der Waals surface area contributed by atoms with Gasteiger partial charge in [-0.2, -0.15) is 5.10 Å². The maximum atomic E-state index is 10.2. The lowest BCUT2D eigenvalue weighted by atomic mass is 10.0. The number of nitrogens with zero attached hydrogens (tertiary/aromatic N) is 3. The van der Waals surface area contributed by atoms with Crippen LogP contribution in [0.3, 0.4) is 0 Å². The van der Waals surface area contributed by atoms with Crippen molar-refractivity contribution in [2.45, 2.75) is 45.2 Å². The zero-order valence-corrected chi connectivity index (χ0v) is 14.8. The van der Waals surface area contributed by atoms with Crippen molar-refractivity contribution in [3.8, 4) is 5.88 Å². The highest BCUT2D eigenvalue weighted by Gasteiger charge is 2.20. The molecule has 4 rings (SSSR count). The van der Waals surface area contributed by atoms with Gasteiger partial charge >= 0.3 is 0 Å². The summed E-state index contributed by atoms with van der Waals surface area (Å²) >= 11 is 0. The number of benzene rings is 1. The van der Waals surface area contributed by atoms with Crippen molar-refractivity contribution in [3.63, 3.8) is 0 Å². The van der Waals surface area contributed by atoms with E-state index in [9.17, 15) is 5.11 Å². The first-order chi connectivity index (χ1) is 12.2. The Kier molecular flexibility index (Phi) is 4.72. The van der Waals surface area contributed by atoms with E-state index in [0.717, 1.165) is 55.0 Å². The molecule has 0 amide bonds. The van der Waals surface area contributed by atoms with E-state index >= 15 is 0 Å². The van der Waals surface area contributed by atoms with Gasteiger partial charge in [-0.15, -0.1) is 5.10 Å². The number of aromatic hydroxyl groups is 1. The second-order valence-corrected chi connectivity index (χ2v) is 7.18. The molecule has 2 heterocycles. The fourth-order valence-corrected chi connectivity index (χ4v) is 3.91. The van der Waals surface area contributed by atoms with Crippen LogP contribution < -0.4 is 5.32 Å². The van der Waals surface area contributed by atoms with Crippen LogP contribution in [0, 0.1) is 6.92 Å². The Balaban J connectivity index is 1.71. The van der Waals surface area contributed by atoms with Crippen molar-refractivity contribution in [2.24, 2.45) is 0 Å². The Morgan fingerprint density at radius 3 is 2.68 bits per heavy atom. The smallest absolute Gasteiger partial charge is 0.239 e. The molecule has 2 aliphatic rings. The molecule has 1 aliphatic carbocycles. The second-order valence-electron chi connectivity index (χ2n) is 7.18. The van der Waals surface area contributed by atoms with Crippen LogP contribution in [0.4, 0.5) is 5.69 Å². The van der Waals surface area contributed by atoms with Crippen molar-refractivity contribution < 1.29 is 9.84 Å². The molecule has 2 aromatic rings.